The average Bonchev–Trinajstić information content (AvgIpc) is 2.66. The van der Waals surface area contributed by atoms with Crippen LogP contribution in [0.15, 0.2) is 70.8 Å². The lowest BCUT2D eigenvalue weighted by molar-refractivity contribution is -0.118. The molecule has 0 unspecified atom stereocenters. The second-order valence-corrected chi connectivity index (χ2v) is 7.30. The Morgan fingerprint density at radius 1 is 1.15 bits per heavy atom. The summed E-state index contributed by atoms with van der Waals surface area (Å²) in [5, 5.41) is 9.83. The van der Waals surface area contributed by atoms with Crippen LogP contribution in [0, 0.1) is 0 Å². The Morgan fingerprint density at radius 2 is 1.85 bits per heavy atom. The third-order valence-electron chi connectivity index (χ3n) is 4.26. The van der Waals surface area contributed by atoms with E-state index in [4.69, 9.17) is 12.2 Å². The molecule has 26 heavy (non-hydrogen) atoms. The van der Waals surface area contributed by atoms with Crippen molar-refractivity contribution in [1.82, 2.24) is 16.0 Å². The van der Waals surface area contributed by atoms with Crippen LogP contribution in [0.2, 0.25) is 0 Å². The van der Waals surface area contributed by atoms with Crippen molar-refractivity contribution in [3.63, 3.8) is 0 Å². The van der Waals surface area contributed by atoms with E-state index in [0.29, 0.717) is 17.2 Å². The molecule has 6 heteroatoms. The van der Waals surface area contributed by atoms with Gasteiger partial charge in [-0.25, -0.2) is 0 Å². The summed E-state index contributed by atoms with van der Waals surface area (Å²) in [5.74, 6) is -0.104. The van der Waals surface area contributed by atoms with Crippen LogP contribution in [-0.4, -0.2) is 17.3 Å². The Labute approximate surface area is 163 Å². The van der Waals surface area contributed by atoms with E-state index < -0.39 is 0 Å². The summed E-state index contributed by atoms with van der Waals surface area (Å²) in [4.78, 5) is 14.1. The molecule has 0 fully saturated rings. The Balaban J connectivity index is 1.83. The monoisotopic (exact) mass is 383 g/mol. The Hall–Kier alpha value is -2.31. The second-order valence-electron chi connectivity index (χ2n) is 6.01. The van der Waals surface area contributed by atoms with Crippen LogP contribution in [0.5, 0.6) is 0 Å². The molecular weight excluding hydrogens is 362 g/mol. The molecule has 1 amide bonds. The van der Waals surface area contributed by atoms with E-state index in [-0.39, 0.29) is 11.9 Å². The molecule has 3 rings (SSSR count). The molecule has 4 nitrogen and oxygen atoms in total. The number of hydrogen-bond acceptors (Lipinski definition) is 3. The predicted molar refractivity (Wildman–Crippen MR) is 111 cm³/mol. The SMILES string of the molecule is CSc1ccc([C@@H]2NC(=S)NC(C)=C2C(=O)NCc2ccccc2)cc1. The van der Waals surface area contributed by atoms with Crippen LogP contribution in [0.3, 0.4) is 0 Å². The van der Waals surface area contributed by atoms with Crippen molar-refractivity contribution in [3.05, 3.63) is 77.0 Å². The quantitative estimate of drug-likeness (QED) is 0.545. The molecule has 2 aromatic carbocycles. The third-order valence-corrected chi connectivity index (χ3v) is 5.22. The summed E-state index contributed by atoms with van der Waals surface area (Å²) < 4.78 is 0. The van der Waals surface area contributed by atoms with E-state index in [1.165, 1.54) is 4.90 Å². The zero-order valence-electron chi connectivity index (χ0n) is 14.7. The maximum Gasteiger partial charge on any atom is 0.251 e. The van der Waals surface area contributed by atoms with Crippen LogP contribution >= 0.6 is 24.0 Å². The first-order valence-electron chi connectivity index (χ1n) is 8.33. The number of benzene rings is 2. The van der Waals surface area contributed by atoms with Crippen LogP contribution in [0.1, 0.15) is 24.1 Å². The van der Waals surface area contributed by atoms with Crippen LogP contribution in [-0.2, 0) is 11.3 Å². The Morgan fingerprint density at radius 3 is 2.50 bits per heavy atom. The molecule has 1 atom stereocenters. The number of rotatable bonds is 5. The van der Waals surface area contributed by atoms with E-state index in [2.05, 4.69) is 28.1 Å². The van der Waals surface area contributed by atoms with Crippen molar-refractivity contribution in [2.24, 2.45) is 0 Å². The highest BCUT2D eigenvalue weighted by Gasteiger charge is 2.29. The van der Waals surface area contributed by atoms with Crippen molar-refractivity contribution in [2.45, 2.75) is 24.4 Å². The number of amides is 1. The van der Waals surface area contributed by atoms with Gasteiger partial charge in [-0.3, -0.25) is 4.79 Å². The highest BCUT2D eigenvalue weighted by atomic mass is 32.2. The minimum absolute atomic E-state index is 0.104. The summed E-state index contributed by atoms with van der Waals surface area (Å²) in [6.45, 7) is 2.37. The molecule has 134 valence electrons. The Bertz CT molecular complexity index is 832. The van der Waals surface area contributed by atoms with E-state index in [9.17, 15) is 4.79 Å². The zero-order chi connectivity index (χ0) is 18.5. The minimum Gasteiger partial charge on any atom is -0.351 e. The maximum absolute atomic E-state index is 12.9. The molecule has 0 bridgehead atoms. The fourth-order valence-electron chi connectivity index (χ4n) is 2.91. The number of carbonyl (C=O) groups is 1. The molecule has 0 aromatic heterocycles. The molecule has 1 heterocycles. The van der Waals surface area contributed by atoms with Gasteiger partial charge in [0, 0.05) is 17.1 Å². The van der Waals surface area contributed by atoms with Crippen molar-refractivity contribution in [2.75, 3.05) is 6.26 Å². The summed E-state index contributed by atoms with van der Waals surface area (Å²) in [6, 6.07) is 17.8. The lowest BCUT2D eigenvalue weighted by Gasteiger charge is -2.30. The van der Waals surface area contributed by atoms with Gasteiger partial charge in [0.25, 0.3) is 5.91 Å². The highest BCUT2D eigenvalue weighted by Crippen LogP contribution is 2.28. The van der Waals surface area contributed by atoms with Gasteiger partial charge in [0.1, 0.15) is 0 Å². The van der Waals surface area contributed by atoms with Crippen molar-refractivity contribution >= 4 is 35.0 Å². The molecule has 0 aliphatic carbocycles. The van der Waals surface area contributed by atoms with Crippen LogP contribution in [0.25, 0.3) is 0 Å². The number of hydrogen-bond donors (Lipinski definition) is 3. The van der Waals surface area contributed by atoms with Gasteiger partial charge < -0.3 is 16.0 Å². The van der Waals surface area contributed by atoms with Gasteiger partial charge in [-0.1, -0.05) is 42.5 Å². The lowest BCUT2D eigenvalue weighted by atomic mass is 9.95. The van der Waals surface area contributed by atoms with Crippen LogP contribution < -0.4 is 16.0 Å². The van der Waals surface area contributed by atoms with E-state index in [1.54, 1.807) is 11.8 Å². The number of nitrogens with one attached hydrogen (secondary N) is 3. The van der Waals surface area contributed by atoms with Crippen molar-refractivity contribution in [3.8, 4) is 0 Å². The van der Waals surface area contributed by atoms with Gasteiger partial charge in [-0.2, -0.15) is 0 Å². The molecule has 0 radical (unpaired) electrons. The summed E-state index contributed by atoms with van der Waals surface area (Å²) in [5.41, 5.74) is 3.51. The second kappa shape index (κ2) is 8.38. The maximum atomic E-state index is 12.9. The average molecular weight is 384 g/mol. The molecule has 2 aromatic rings. The standard InChI is InChI=1S/C20H21N3OS2/c1-13-17(19(24)21-12-14-6-4-3-5-7-14)18(23-20(25)22-13)15-8-10-16(26-2)11-9-15/h3-11,18H,12H2,1-2H3,(H,21,24)(H2,22,23,25)/t18-/m0/s1. The molecule has 3 N–H and O–H groups in total. The normalized spacial score (nSPS) is 16.7. The van der Waals surface area contributed by atoms with Gasteiger partial charge >= 0.3 is 0 Å². The first-order valence-corrected chi connectivity index (χ1v) is 9.96. The summed E-state index contributed by atoms with van der Waals surface area (Å²) in [7, 11) is 0. The fraction of sp³-hybridized carbons (Fsp3) is 0.200. The van der Waals surface area contributed by atoms with Crippen molar-refractivity contribution < 1.29 is 4.79 Å². The molecule has 1 aliphatic rings. The molecule has 1 aliphatic heterocycles. The van der Waals surface area contributed by atoms with Gasteiger partial charge in [-0.05, 0) is 48.7 Å². The van der Waals surface area contributed by atoms with Crippen molar-refractivity contribution in [1.29, 1.82) is 0 Å². The Kier molecular flexibility index (Phi) is 5.96. The number of thioether (sulfide) groups is 1. The first kappa shape index (κ1) is 18.5. The summed E-state index contributed by atoms with van der Waals surface area (Å²) >= 11 is 6.99. The third kappa shape index (κ3) is 4.26. The van der Waals surface area contributed by atoms with Gasteiger partial charge in [0.15, 0.2) is 5.11 Å². The molecule has 0 saturated carbocycles. The topological polar surface area (TPSA) is 53.2 Å². The van der Waals surface area contributed by atoms with Gasteiger partial charge in [0.05, 0.1) is 11.6 Å². The molecule has 0 spiro atoms. The zero-order valence-corrected chi connectivity index (χ0v) is 16.3. The molecular formula is C20H21N3OS2. The predicted octanol–water partition coefficient (Wildman–Crippen LogP) is 3.52. The van der Waals surface area contributed by atoms with Gasteiger partial charge in [-0.15, -0.1) is 11.8 Å². The first-order chi connectivity index (χ1) is 12.6. The lowest BCUT2D eigenvalue weighted by Crippen LogP contribution is -2.46. The molecule has 0 saturated heterocycles. The van der Waals surface area contributed by atoms with E-state index in [1.807, 2.05) is 55.6 Å². The number of allylic oxidation sites excluding steroid dienone is 1. The van der Waals surface area contributed by atoms with E-state index in [0.717, 1.165) is 16.8 Å². The number of carbonyl (C=O) groups excluding carboxylic acids is 1. The fourth-order valence-corrected chi connectivity index (χ4v) is 3.59. The highest BCUT2D eigenvalue weighted by molar-refractivity contribution is 7.98. The van der Waals surface area contributed by atoms with E-state index >= 15 is 0 Å². The smallest absolute Gasteiger partial charge is 0.251 e. The minimum atomic E-state index is -0.268. The van der Waals surface area contributed by atoms with Gasteiger partial charge in [0.2, 0.25) is 0 Å². The van der Waals surface area contributed by atoms with Crippen LogP contribution in [0.4, 0.5) is 0 Å². The number of thiocarbonyl (C=S) groups is 1. The summed E-state index contributed by atoms with van der Waals surface area (Å²) in [6.07, 6.45) is 2.04. The largest absolute Gasteiger partial charge is 0.351 e.